The molecule has 25 heavy (non-hydrogen) atoms. The van der Waals surface area contributed by atoms with Crippen molar-refractivity contribution in [2.45, 2.75) is 19.9 Å². The number of benzene rings is 2. The van der Waals surface area contributed by atoms with Gasteiger partial charge in [-0.1, -0.05) is 18.2 Å². The minimum atomic E-state index is -0.0146. The van der Waals surface area contributed by atoms with Crippen LogP contribution in [0.3, 0.4) is 0 Å². The van der Waals surface area contributed by atoms with E-state index in [2.05, 4.69) is 55.5 Å². The predicted molar refractivity (Wildman–Crippen MR) is 105 cm³/mol. The van der Waals surface area contributed by atoms with Gasteiger partial charge in [-0.2, -0.15) is 0 Å². The Morgan fingerprint density at radius 3 is 2.20 bits per heavy atom. The molecule has 0 saturated carbocycles. The predicted octanol–water partition coefficient (Wildman–Crippen LogP) is 1.99. The molecule has 1 amide bonds. The van der Waals surface area contributed by atoms with Crippen LogP contribution in [0.2, 0.25) is 0 Å². The van der Waals surface area contributed by atoms with Crippen molar-refractivity contribution in [2.75, 3.05) is 39.6 Å². The summed E-state index contributed by atoms with van der Waals surface area (Å²) in [5, 5.41) is 3.09. The van der Waals surface area contributed by atoms with E-state index in [1.807, 2.05) is 39.2 Å². The number of amides is 1. The number of nitrogens with one attached hydrogen (secondary N) is 2. The highest BCUT2D eigenvalue weighted by Crippen LogP contribution is 2.16. The number of carbonyl (C=O) groups excluding carboxylic acids is 1. The first-order valence-electron chi connectivity index (χ1n) is 8.72. The van der Waals surface area contributed by atoms with E-state index in [1.165, 1.54) is 21.7 Å². The van der Waals surface area contributed by atoms with E-state index in [9.17, 15) is 4.79 Å². The summed E-state index contributed by atoms with van der Waals surface area (Å²) in [6, 6.07) is 14.6. The largest absolute Gasteiger partial charge is 0.378 e. The third kappa shape index (κ3) is 4.83. The Bertz CT molecular complexity index is 720. The summed E-state index contributed by atoms with van der Waals surface area (Å²) >= 11 is 0. The molecular formula is C21H30N3O+. The Labute approximate surface area is 151 Å². The number of hydrogen-bond donors (Lipinski definition) is 2. The maximum absolute atomic E-state index is 12.5. The monoisotopic (exact) mass is 340 g/mol. The Morgan fingerprint density at radius 2 is 1.68 bits per heavy atom. The SMILES string of the molecule is Cc1ccc(C(=O)NC[C@@H](c2ccc(N(C)C)cc2)[NH+](C)C)cc1C. The number of rotatable bonds is 6. The molecule has 0 aliphatic heterocycles. The fourth-order valence-corrected chi connectivity index (χ4v) is 2.84. The molecule has 0 saturated heterocycles. The lowest BCUT2D eigenvalue weighted by atomic mass is 10.0. The molecular weight excluding hydrogens is 310 g/mol. The highest BCUT2D eigenvalue weighted by atomic mass is 16.1. The summed E-state index contributed by atoms with van der Waals surface area (Å²) in [5.41, 5.74) is 5.47. The van der Waals surface area contributed by atoms with Crippen molar-refractivity contribution >= 4 is 11.6 Å². The summed E-state index contributed by atoms with van der Waals surface area (Å²) in [6.07, 6.45) is 0. The van der Waals surface area contributed by atoms with Gasteiger partial charge in [0.25, 0.3) is 5.91 Å². The van der Waals surface area contributed by atoms with Crippen LogP contribution in [0.1, 0.15) is 33.1 Å². The van der Waals surface area contributed by atoms with E-state index in [0.717, 1.165) is 11.1 Å². The zero-order valence-corrected chi connectivity index (χ0v) is 16.2. The van der Waals surface area contributed by atoms with Crippen molar-refractivity contribution in [2.24, 2.45) is 0 Å². The van der Waals surface area contributed by atoms with Crippen molar-refractivity contribution in [1.29, 1.82) is 0 Å². The number of nitrogens with zero attached hydrogens (tertiary/aromatic N) is 1. The van der Waals surface area contributed by atoms with Gasteiger partial charge in [-0.15, -0.1) is 0 Å². The van der Waals surface area contributed by atoms with Crippen LogP contribution in [0.4, 0.5) is 5.69 Å². The average molecular weight is 340 g/mol. The van der Waals surface area contributed by atoms with Gasteiger partial charge in [0.15, 0.2) is 0 Å². The van der Waals surface area contributed by atoms with E-state index in [-0.39, 0.29) is 11.9 Å². The van der Waals surface area contributed by atoms with Gasteiger partial charge < -0.3 is 15.1 Å². The molecule has 0 spiro atoms. The Kier molecular flexibility index (Phi) is 6.21. The van der Waals surface area contributed by atoms with E-state index in [0.29, 0.717) is 6.54 Å². The highest BCUT2D eigenvalue weighted by Gasteiger charge is 2.19. The second-order valence-corrected chi connectivity index (χ2v) is 7.12. The second kappa shape index (κ2) is 8.17. The maximum Gasteiger partial charge on any atom is 0.251 e. The van der Waals surface area contributed by atoms with Crippen molar-refractivity contribution < 1.29 is 9.69 Å². The van der Waals surface area contributed by atoms with E-state index in [1.54, 1.807) is 0 Å². The Hall–Kier alpha value is -2.33. The van der Waals surface area contributed by atoms with Gasteiger partial charge >= 0.3 is 0 Å². The smallest absolute Gasteiger partial charge is 0.251 e. The lowest BCUT2D eigenvalue weighted by Gasteiger charge is -2.23. The molecule has 0 aliphatic carbocycles. The van der Waals surface area contributed by atoms with Gasteiger partial charge in [-0.25, -0.2) is 0 Å². The molecule has 0 aliphatic rings. The van der Waals surface area contributed by atoms with Crippen LogP contribution in [-0.4, -0.2) is 40.6 Å². The normalized spacial score (nSPS) is 12.1. The number of likely N-dealkylation sites (N-methyl/N-ethyl adjacent to an activating group) is 1. The molecule has 4 nitrogen and oxygen atoms in total. The summed E-state index contributed by atoms with van der Waals surface area (Å²) in [6.45, 7) is 4.69. The lowest BCUT2D eigenvalue weighted by molar-refractivity contribution is -0.890. The van der Waals surface area contributed by atoms with Gasteiger partial charge in [0.2, 0.25) is 0 Å². The van der Waals surface area contributed by atoms with Gasteiger partial charge in [0, 0.05) is 30.9 Å². The topological polar surface area (TPSA) is 36.8 Å². The van der Waals surface area contributed by atoms with Crippen LogP contribution < -0.4 is 15.1 Å². The first kappa shape index (κ1) is 19.0. The number of quaternary nitrogens is 1. The molecule has 0 unspecified atom stereocenters. The quantitative estimate of drug-likeness (QED) is 0.844. The van der Waals surface area contributed by atoms with E-state index < -0.39 is 0 Å². The summed E-state index contributed by atoms with van der Waals surface area (Å²) in [5.74, 6) is -0.0146. The first-order valence-corrected chi connectivity index (χ1v) is 8.72. The maximum atomic E-state index is 12.5. The van der Waals surface area contributed by atoms with Gasteiger partial charge in [-0.05, 0) is 49.2 Å². The van der Waals surface area contributed by atoms with Crippen molar-refractivity contribution in [3.05, 3.63) is 64.7 Å². The molecule has 2 aromatic rings. The molecule has 0 aromatic heterocycles. The number of hydrogen-bond acceptors (Lipinski definition) is 2. The zero-order valence-electron chi connectivity index (χ0n) is 16.2. The third-order valence-electron chi connectivity index (χ3n) is 4.74. The van der Waals surface area contributed by atoms with Crippen molar-refractivity contribution in [3.63, 3.8) is 0 Å². The zero-order chi connectivity index (χ0) is 18.6. The van der Waals surface area contributed by atoms with Crippen molar-refractivity contribution in [1.82, 2.24) is 5.32 Å². The van der Waals surface area contributed by atoms with E-state index >= 15 is 0 Å². The Morgan fingerprint density at radius 1 is 1.04 bits per heavy atom. The molecule has 0 heterocycles. The second-order valence-electron chi connectivity index (χ2n) is 7.12. The molecule has 0 fully saturated rings. The molecule has 2 aromatic carbocycles. The highest BCUT2D eigenvalue weighted by molar-refractivity contribution is 5.94. The van der Waals surface area contributed by atoms with Crippen LogP contribution in [-0.2, 0) is 0 Å². The fourth-order valence-electron chi connectivity index (χ4n) is 2.84. The van der Waals surface area contributed by atoms with Crippen LogP contribution in [0.25, 0.3) is 0 Å². The minimum Gasteiger partial charge on any atom is -0.378 e. The number of anilines is 1. The fraction of sp³-hybridized carbons (Fsp3) is 0.381. The molecule has 2 N–H and O–H groups in total. The van der Waals surface area contributed by atoms with Crippen LogP contribution in [0, 0.1) is 13.8 Å². The van der Waals surface area contributed by atoms with Crippen LogP contribution >= 0.6 is 0 Å². The van der Waals surface area contributed by atoms with Crippen molar-refractivity contribution in [3.8, 4) is 0 Å². The summed E-state index contributed by atoms with van der Waals surface area (Å²) < 4.78 is 0. The molecule has 1 atom stereocenters. The summed E-state index contributed by atoms with van der Waals surface area (Å²) in [4.78, 5) is 15.9. The van der Waals surface area contributed by atoms with E-state index in [4.69, 9.17) is 0 Å². The average Bonchev–Trinajstić information content (AvgIpc) is 2.57. The van der Waals surface area contributed by atoms with Gasteiger partial charge in [0.1, 0.15) is 6.04 Å². The third-order valence-corrected chi connectivity index (χ3v) is 4.74. The van der Waals surface area contributed by atoms with Gasteiger partial charge in [-0.3, -0.25) is 4.79 Å². The molecule has 0 radical (unpaired) electrons. The van der Waals surface area contributed by atoms with Crippen LogP contribution in [0.5, 0.6) is 0 Å². The minimum absolute atomic E-state index is 0.0146. The molecule has 0 bridgehead atoms. The first-order chi connectivity index (χ1) is 11.8. The number of aryl methyl sites for hydroxylation is 2. The Balaban J connectivity index is 2.08. The standard InChI is InChI=1S/C21H29N3O/c1-15-7-8-18(13-16(15)2)21(25)22-14-20(24(5)6)17-9-11-19(12-10-17)23(3)4/h7-13,20H,14H2,1-6H3,(H,22,25)/p+1/t20-/m0/s1. The molecule has 2 rings (SSSR count). The summed E-state index contributed by atoms with van der Waals surface area (Å²) in [7, 11) is 8.31. The molecule has 134 valence electrons. The molecule has 4 heteroatoms. The number of carbonyl (C=O) groups is 1. The van der Waals surface area contributed by atoms with Crippen LogP contribution in [0.15, 0.2) is 42.5 Å². The lowest BCUT2D eigenvalue weighted by Crippen LogP contribution is -3.07. The van der Waals surface area contributed by atoms with Gasteiger partial charge in [0.05, 0.1) is 20.6 Å².